The van der Waals surface area contributed by atoms with E-state index in [2.05, 4.69) is 5.32 Å². The lowest BCUT2D eigenvalue weighted by molar-refractivity contribution is 0.0698. The summed E-state index contributed by atoms with van der Waals surface area (Å²) in [6.07, 6.45) is 1.68. The molecular weight excluding hydrogens is 312 g/mol. The smallest absolute Gasteiger partial charge is 0.338 e. The first kappa shape index (κ1) is 15.6. The Morgan fingerprint density at radius 1 is 1.38 bits per heavy atom. The normalized spacial score (nSPS) is 10.9. The van der Waals surface area contributed by atoms with Gasteiger partial charge in [0.05, 0.1) is 10.6 Å². The number of rotatable bonds is 4. The molecule has 0 aliphatic rings. The summed E-state index contributed by atoms with van der Waals surface area (Å²) in [6, 6.07) is 3.18. The molecule has 2 aromatic heterocycles. The molecule has 0 atom stereocenters. The Hall–Kier alpha value is -1.79. The van der Waals surface area contributed by atoms with E-state index in [-0.39, 0.29) is 17.5 Å². The van der Waals surface area contributed by atoms with Gasteiger partial charge in [-0.2, -0.15) is 0 Å². The van der Waals surface area contributed by atoms with Gasteiger partial charge in [-0.05, 0) is 32.9 Å². The molecule has 0 aliphatic heterocycles. The van der Waals surface area contributed by atoms with E-state index in [0.29, 0.717) is 15.7 Å². The zero-order valence-corrected chi connectivity index (χ0v) is 13.4. The highest BCUT2D eigenvalue weighted by molar-refractivity contribution is 7.16. The van der Waals surface area contributed by atoms with Gasteiger partial charge in [0.2, 0.25) is 0 Å². The Bertz CT molecular complexity index is 703. The molecule has 2 heterocycles. The lowest BCUT2D eigenvalue weighted by atomic mass is 10.3. The molecule has 0 fully saturated rings. The number of nitrogens with zero attached hydrogens (tertiary/aromatic N) is 1. The largest absolute Gasteiger partial charge is 0.478 e. The lowest BCUT2D eigenvalue weighted by Crippen LogP contribution is -2.18. The molecule has 112 valence electrons. The maximum absolute atomic E-state index is 12.4. The van der Waals surface area contributed by atoms with Gasteiger partial charge in [-0.15, -0.1) is 11.3 Å². The third kappa shape index (κ3) is 3.28. The summed E-state index contributed by atoms with van der Waals surface area (Å²) in [7, 11) is 0. The highest BCUT2D eigenvalue weighted by Crippen LogP contribution is 2.28. The second-order valence-corrected chi connectivity index (χ2v) is 6.60. The Morgan fingerprint density at radius 2 is 2.05 bits per heavy atom. The van der Waals surface area contributed by atoms with Crippen molar-refractivity contribution in [3.05, 3.63) is 39.5 Å². The van der Waals surface area contributed by atoms with Crippen LogP contribution in [-0.4, -0.2) is 21.6 Å². The number of carbonyl (C=O) groups excluding carboxylic acids is 1. The van der Waals surface area contributed by atoms with Gasteiger partial charge in [0.15, 0.2) is 0 Å². The number of amides is 1. The van der Waals surface area contributed by atoms with Crippen LogP contribution in [0.3, 0.4) is 0 Å². The Morgan fingerprint density at radius 3 is 2.62 bits per heavy atom. The van der Waals surface area contributed by atoms with E-state index >= 15 is 0 Å². The van der Waals surface area contributed by atoms with Crippen molar-refractivity contribution in [3.8, 4) is 0 Å². The number of thiophene rings is 1. The van der Waals surface area contributed by atoms with E-state index in [1.807, 2.05) is 13.8 Å². The van der Waals surface area contributed by atoms with Crippen molar-refractivity contribution in [2.24, 2.45) is 0 Å². The summed E-state index contributed by atoms with van der Waals surface area (Å²) in [6.45, 7) is 5.66. The molecule has 0 saturated heterocycles. The van der Waals surface area contributed by atoms with E-state index in [1.165, 1.54) is 17.4 Å². The number of anilines is 1. The molecule has 0 aromatic carbocycles. The third-order valence-corrected chi connectivity index (χ3v) is 4.09. The maximum atomic E-state index is 12.4. The van der Waals surface area contributed by atoms with E-state index in [1.54, 1.807) is 23.8 Å². The minimum Gasteiger partial charge on any atom is -0.478 e. The van der Waals surface area contributed by atoms with Gasteiger partial charge in [-0.3, -0.25) is 4.79 Å². The number of hydrogen-bond acceptors (Lipinski definition) is 3. The molecule has 5 nitrogen and oxygen atoms in total. The summed E-state index contributed by atoms with van der Waals surface area (Å²) >= 11 is 7.18. The maximum Gasteiger partial charge on any atom is 0.338 e. The fourth-order valence-corrected chi connectivity index (χ4v) is 3.10. The Kier molecular flexibility index (Phi) is 4.39. The van der Waals surface area contributed by atoms with E-state index in [4.69, 9.17) is 16.7 Å². The first-order valence-electron chi connectivity index (χ1n) is 6.32. The van der Waals surface area contributed by atoms with Crippen LogP contribution >= 0.6 is 22.9 Å². The van der Waals surface area contributed by atoms with Gasteiger partial charge in [0.25, 0.3) is 5.91 Å². The number of carboxylic acid groups (broad SMARTS) is 1. The van der Waals surface area contributed by atoms with E-state index in [0.717, 1.165) is 4.88 Å². The molecule has 0 bridgehead atoms. The highest BCUT2D eigenvalue weighted by atomic mass is 35.5. The van der Waals surface area contributed by atoms with Crippen LogP contribution < -0.4 is 5.32 Å². The van der Waals surface area contributed by atoms with Gasteiger partial charge in [-0.25, -0.2) is 4.79 Å². The molecule has 0 saturated carbocycles. The van der Waals surface area contributed by atoms with Crippen LogP contribution in [0.15, 0.2) is 18.3 Å². The quantitative estimate of drug-likeness (QED) is 0.890. The van der Waals surface area contributed by atoms with E-state index in [9.17, 15) is 9.59 Å². The summed E-state index contributed by atoms with van der Waals surface area (Å²) in [4.78, 5) is 24.3. The van der Waals surface area contributed by atoms with Crippen molar-refractivity contribution in [2.45, 2.75) is 26.8 Å². The third-order valence-electron chi connectivity index (χ3n) is 2.92. The van der Waals surface area contributed by atoms with Crippen molar-refractivity contribution in [3.63, 3.8) is 0 Å². The summed E-state index contributed by atoms with van der Waals surface area (Å²) < 4.78 is 1.75. The van der Waals surface area contributed by atoms with Gasteiger partial charge >= 0.3 is 5.97 Å². The van der Waals surface area contributed by atoms with Crippen LogP contribution in [0.1, 0.15) is 45.6 Å². The number of aromatic nitrogens is 1. The molecule has 0 unspecified atom stereocenters. The molecule has 7 heteroatoms. The van der Waals surface area contributed by atoms with Crippen LogP contribution in [0.25, 0.3) is 0 Å². The number of carbonyl (C=O) groups is 2. The molecule has 2 N–H and O–H groups in total. The molecule has 21 heavy (non-hydrogen) atoms. The molecule has 1 amide bonds. The average molecular weight is 327 g/mol. The Labute approximate surface area is 131 Å². The minimum atomic E-state index is -1.06. The van der Waals surface area contributed by atoms with Crippen molar-refractivity contribution >= 4 is 39.8 Å². The highest BCUT2D eigenvalue weighted by Gasteiger charge is 2.20. The number of carboxylic acids is 1. The van der Waals surface area contributed by atoms with Crippen LogP contribution in [0.2, 0.25) is 5.02 Å². The molecule has 0 spiro atoms. The molecule has 0 radical (unpaired) electrons. The van der Waals surface area contributed by atoms with Crippen molar-refractivity contribution in [1.29, 1.82) is 0 Å². The second kappa shape index (κ2) is 5.91. The first-order valence-corrected chi connectivity index (χ1v) is 7.51. The van der Waals surface area contributed by atoms with Crippen molar-refractivity contribution in [2.75, 3.05) is 5.32 Å². The molecule has 0 aliphatic carbocycles. The zero-order valence-electron chi connectivity index (χ0n) is 11.8. The minimum absolute atomic E-state index is 0.0715. The number of aryl methyl sites for hydroxylation is 1. The standard InChI is InChI=1S/C14H15ClN2O3S/c1-7(2)17-6-9(15)5-11(17)12(18)16-13-10(14(19)20)4-8(3)21-13/h4-7H,1-3H3,(H,16,18)(H,19,20). The lowest BCUT2D eigenvalue weighted by Gasteiger charge is -2.12. The van der Waals surface area contributed by atoms with Crippen LogP contribution in [0.5, 0.6) is 0 Å². The predicted octanol–water partition coefficient (Wildman–Crippen LogP) is 4.04. The van der Waals surface area contributed by atoms with Gasteiger partial charge in [0.1, 0.15) is 10.7 Å². The molecule has 2 rings (SSSR count). The Balaban J connectivity index is 2.33. The number of halogens is 1. The fourth-order valence-electron chi connectivity index (χ4n) is 1.99. The van der Waals surface area contributed by atoms with Crippen LogP contribution in [-0.2, 0) is 0 Å². The fraction of sp³-hybridized carbons (Fsp3) is 0.286. The number of aromatic carboxylic acids is 1. The number of nitrogens with one attached hydrogen (secondary N) is 1. The average Bonchev–Trinajstić information content (AvgIpc) is 2.92. The van der Waals surface area contributed by atoms with Crippen LogP contribution in [0, 0.1) is 6.92 Å². The molecular formula is C14H15ClN2O3S. The second-order valence-electron chi connectivity index (χ2n) is 4.90. The SMILES string of the molecule is Cc1cc(C(=O)O)c(NC(=O)c2cc(Cl)cn2C(C)C)s1. The summed E-state index contributed by atoms with van der Waals surface area (Å²) in [5.74, 6) is -1.44. The van der Waals surface area contributed by atoms with Gasteiger partial charge < -0.3 is 15.0 Å². The summed E-state index contributed by atoms with van der Waals surface area (Å²) in [5, 5.41) is 12.6. The monoisotopic (exact) mass is 326 g/mol. The van der Waals surface area contributed by atoms with Gasteiger partial charge in [0, 0.05) is 17.1 Å². The topological polar surface area (TPSA) is 71.3 Å². The molecule has 2 aromatic rings. The first-order chi connectivity index (χ1) is 9.79. The zero-order chi connectivity index (χ0) is 15.7. The summed E-state index contributed by atoms with van der Waals surface area (Å²) in [5.41, 5.74) is 0.497. The number of hydrogen-bond donors (Lipinski definition) is 2. The van der Waals surface area contributed by atoms with E-state index < -0.39 is 5.97 Å². The van der Waals surface area contributed by atoms with Crippen LogP contribution in [0.4, 0.5) is 5.00 Å². The predicted molar refractivity (Wildman–Crippen MR) is 83.8 cm³/mol. The van der Waals surface area contributed by atoms with Crippen molar-refractivity contribution in [1.82, 2.24) is 4.57 Å². The van der Waals surface area contributed by atoms with Crippen molar-refractivity contribution < 1.29 is 14.7 Å². The van der Waals surface area contributed by atoms with Gasteiger partial charge in [-0.1, -0.05) is 11.6 Å².